The molecule has 2 N–H and O–H groups in total. The summed E-state index contributed by atoms with van der Waals surface area (Å²) in [5.74, 6) is 0.498. The Labute approximate surface area is 135 Å². The number of hydrogen-bond acceptors (Lipinski definition) is 3. The van der Waals surface area contributed by atoms with Gasteiger partial charge in [0.1, 0.15) is 12.4 Å². The molecule has 0 spiro atoms. The molecule has 1 aromatic heterocycles. The first-order chi connectivity index (χ1) is 11.3. The summed E-state index contributed by atoms with van der Waals surface area (Å²) in [7, 11) is 0. The van der Waals surface area contributed by atoms with Gasteiger partial charge in [0.2, 0.25) is 0 Å². The molecule has 1 aromatic carbocycles. The monoisotopic (exact) mass is 339 g/mol. The molecule has 0 radical (unpaired) electrons. The van der Waals surface area contributed by atoms with Crippen LogP contribution in [0, 0.1) is 5.92 Å². The molecular weight excluding hydrogens is 323 g/mol. The van der Waals surface area contributed by atoms with Crippen LogP contribution in [0.1, 0.15) is 24.4 Å². The minimum Gasteiger partial charge on any atom is -0.364 e. The molecule has 8 heteroatoms. The van der Waals surface area contributed by atoms with Gasteiger partial charge in [0.15, 0.2) is 0 Å². The minimum atomic E-state index is -4.63. The normalized spacial score (nSPS) is 16.0. The number of aromatic nitrogens is 2. The molecule has 1 aliphatic carbocycles. The third-order valence-electron chi connectivity index (χ3n) is 3.92. The molecule has 128 valence electrons. The molecule has 1 fully saturated rings. The van der Waals surface area contributed by atoms with Crippen LogP contribution in [-0.2, 0) is 6.54 Å². The van der Waals surface area contributed by atoms with E-state index in [-0.39, 0.29) is 16.4 Å². The van der Waals surface area contributed by atoms with Gasteiger partial charge >= 0.3 is 11.9 Å². The van der Waals surface area contributed by atoms with E-state index < -0.39 is 24.0 Å². The highest BCUT2D eigenvalue weighted by molar-refractivity contribution is 5.38. The number of nitrogens with one attached hydrogen (secondary N) is 2. The second-order valence-corrected chi connectivity index (χ2v) is 5.90. The van der Waals surface area contributed by atoms with E-state index in [1.807, 2.05) is 30.3 Å². The van der Waals surface area contributed by atoms with Crippen LogP contribution in [0.2, 0.25) is 0 Å². The van der Waals surface area contributed by atoms with E-state index in [0.29, 0.717) is 5.92 Å². The SMILES string of the molecule is O=c1cc(NC(c2ccccc2)C2CC2)[nH]c(=O)n1CC(F)(F)F. The average molecular weight is 339 g/mol. The summed E-state index contributed by atoms with van der Waals surface area (Å²) < 4.78 is 37.4. The van der Waals surface area contributed by atoms with E-state index in [1.54, 1.807) is 0 Å². The topological polar surface area (TPSA) is 66.9 Å². The molecule has 5 nitrogen and oxygen atoms in total. The Kier molecular flexibility index (Phi) is 4.21. The van der Waals surface area contributed by atoms with E-state index in [4.69, 9.17) is 0 Å². The average Bonchev–Trinajstić information content (AvgIpc) is 3.33. The molecule has 3 rings (SSSR count). The summed E-state index contributed by atoms with van der Waals surface area (Å²) >= 11 is 0. The van der Waals surface area contributed by atoms with Gasteiger partial charge in [0.25, 0.3) is 5.56 Å². The summed E-state index contributed by atoms with van der Waals surface area (Å²) in [6.07, 6.45) is -2.60. The lowest BCUT2D eigenvalue weighted by atomic mass is 10.0. The molecule has 0 saturated heterocycles. The number of halogens is 3. The Hall–Kier alpha value is -2.51. The van der Waals surface area contributed by atoms with Gasteiger partial charge in [-0.25, -0.2) is 4.79 Å². The molecule has 1 atom stereocenters. The number of anilines is 1. The van der Waals surface area contributed by atoms with E-state index >= 15 is 0 Å². The summed E-state index contributed by atoms with van der Waals surface area (Å²) in [4.78, 5) is 26.0. The highest BCUT2D eigenvalue weighted by Gasteiger charge is 2.33. The molecular formula is C16H16F3N3O2. The van der Waals surface area contributed by atoms with Crippen molar-refractivity contribution in [2.45, 2.75) is 31.6 Å². The number of aromatic amines is 1. The predicted octanol–water partition coefficient (Wildman–Crippen LogP) is 2.66. The van der Waals surface area contributed by atoms with Crippen molar-refractivity contribution in [3.63, 3.8) is 0 Å². The van der Waals surface area contributed by atoms with E-state index in [9.17, 15) is 22.8 Å². The van der Waals surface area contributed by atoms with Gasteiger partial charge in [-0.15, -0.1) is 0 Å². The first-order valence-corrected chi connectivity index (χ1v) is 7.56. The molecule has 0 aliphatic heterocycles. The highest BCUT2D eigenvalue weighted by Crippen LogP contribution is 2.42. The van der Waals surface area contributed by atoms with Crippen molar-refractivity contribution < 1.29 is 13.2 Å². The van der Waals surface area contributed by atoms with Crippen molar-refractivity contribution in [3.05, 3.63) is 62.8 Å². The lowest BCUT2D eigenvalue weighted by Crippen LogP contribution is -2.39. The summed E-state index contributed by atoms with van der Waals surface area (Å²) in [5, 5.41) is 3.08. The Morgan fingerprint density at radius 2 is 1.88 bits per heavy atom. The van der Waals surface area contributed by atoms with Crippen LogP contribution in [0.25, 0.3) is 0 Å². The second-order valence-electron chi connectivity index (χ2n) is 5.90. The van der Waals surface area contributed by atoms with E-state index in [2.05, 4.69) is 10.3 Å². The smallest absolute Gasteiger partial charge is 0.364 e. The van der Waals surface area contributed by atoms with Crippen LogP contribution in [0.4, 0.5) is 19.0 Å². The molecule has 0 amide bonds. The van der Waals surface area contributed by atoms with Crippen LogP contribution in [0.3, 0.4) is 0 Å². The molecule has 2 aromatic rings. The maximum absolute atomic E-state index is 12.4. The molecule has 1 aliphatic rings. The Balaban J connectivity index is 1.87. The third kappa shape index (κ3) is 3.87. The highest BCUT2D eigenvalue weighted by atomic mass is 19.4. The molecule has 1 saturated carbocycles. The maximum Gasteiger partial charge on any atom is 0.406 e. The van der Waals surface area contributed by atoms with E-state index in [1.165, 1.54) is 0 Å². The minimum absolute atomic E-state index is 0.0975. The number of benzene rings is 1. The number of alkyl halides is 3. The number of hydrogen-bond donors (Lipinski definition) is 2. The van der Waals surface area contributed by atoms with Crippen LogP contribution in [-0.4, -0.2) is 15.7 Å². The Morgan fingerprint density at radius 3 is 2.42 bits per heavy atom. The van der Waals surface area contributed by atoms with Gasteiger partial charge in [-0.2, -0.15) is 13.2 Å². The van der Waals surface area contributed by atoms with Crippen LogP contribution < -0.4 is 16.6 Å². The van der Waals surface area contributed by atoms with Crippen molar-refractivity contribution in [2.75, 3.05) is 5.32 Å². The number of H-pyrrole nitrogens is 1. The Bertz CT molecular complexity index is 792. The fourth-order valence-electron chi connectivity index (χ4n) is 2.66. The quantitative estimate of drug-likeness (QED) is 0.880. The van der Waals surface area contributed by atoms with Crippen LogP contribution in [0.15, 0.2) is 46.0 Å². The molecule has 1 heterocycles. The Morgan fingerprint density at radius 1 is 1.21 bits per heavy atom. The van der Waals surface area contributed by atoms with Gasteiger partial charge in [0.05, 0.1) is 6.04 Å². The zero-order chi connectivity index (χ0) is 17.3. The summed E-state index contributed by atoms with van der Waals surface area (Å²) in [5.41, 5.74) is -1.06. The van der Waals surface area contributed by atoms with Gasteiger partial charge < -0.3 is 5.32 Å². The van der Waals surface area contributed by atoms with Crippen molar-refractivity contribution >= 4 is 5.82 Å². The molecule has 24 heavy (non-hydrogen) atoms. The van der Waals surface area contributed by atoms with Crippen LogP contribution in [0.5, 0.6) is 0 Å². The molecule has 1 unspecified atom stereocenters. The standard InChI is InChI=1S/C16H16F3N3O2/c17-16(18,19)9-22-13(23)8-12(21-15(22)24)20-14(11-6-7-11)10-4-2-1-3-5-10/h1-5,8,11,14,20H,6-7,9H2,(H,21,24). The summed E-state index contributed by atoms with van der Waals surface area (Å²) in [6.45, 7) is -1.60. The fourth-order valence-corrected chi connectivity index (χ4v) is 2.66. The first kappa shape index (κ1) is 16.4. The third-order valence-corrected chi connectivity index (χ3v) is 3.92. The van der Waals surface area contributed by atoms with Gasteiger partial charge in [0, 0.05) is 6.07 Å². The fraction of sp³-hybridized carbons (Fsp3) is 0.375. The number of rotatable bonds is 5. The largest absolute Gasteiger partial charge is 0.406 e. The predicted molar refractivity (Wildman–Crippen MR) is 82.9 cm³/mol. The number of nitrogens with zero attached hydrogens (tertiary/aromatic N) is 1. The van der Waals surface area contributed by atoms with Gasteiger partial charge in [-0.3, -0.25) is 14.3 Å². The van der Waals surface area contributed by atoms with Gasteiger partial charge in [-0.1, -0.05) is 30.3 Å². The second kappa shape index (κ2) is 6.18. The van der Waals surface area contributed by atoms with Crippen molar-refractivity contribution in [1.82, 2.24) is 9.55 Å². The van der Waals surface area contributed by atoms with Crippen molar-refractivity contribution in [2.24, 2.45) is 5.92 Å². The lowest BCUT2D eigenvalue weighted by molar-refractivity contribution is -0.141. The summed E-state index contributed by atoms with van der Waals surface area (Å²) in [6, 6.07) is 10.4. The van der Waals surface area contributed by atoms with Gasteiger partial charge in [-0.05, 0) is 24.3 Å². The zero-order valence-corrected chi connectivity index (χ0v) is 12.6. The molecule has 0 bridgehead atoms. The van der Waals surface area contributed by atoms with Crippen LogP contribution >= 0.6 is 0 Å². The zero-order valence-electron chi connectivity index (χ0n) is 12.6. The van der Waals surface area contributed by atoms with E-state index in [0.717, 1.165) is 24.5 Å². The van der Waals surface area contributed by atoms with Crippen molar-refractivity contribution in [3.8, 4) is 0 Å². The lowest BCUT2D eigenvalue weighted by Gasteiger charge is -2.20. The first-order valence-electron chi connectivity index (χ1n) is 7.56. The maximum atomic E-state index is 12.4. The van der Waals surface area contributed by atoms with Crippen molar-refractivity contribution in [1.29, 1.82) is 0 Å².